The summed E-state index contributed by atoms with van der Waals surface area (Å²) >= 11 is 0. The van der Waals surface area contributed by atoms with E-state index in [0.717, 1.165) is 24.2 Å². The lowest BCUT2D eigenvalue weighted by Gasteiger charge is -2.16. The van der Waals surface area contributed by atoms with Crippen LogP contribution < -0.4 is 10.1 Å². The minimum absolute atomic E-state index is 0.0197. The quantitative estimate of drug-likeness (QED) is 0.732. The van der Waals surface area contributed by atoms with Crippen LogP contribution in [0.25, 0.3) is 0 Å². The molecule has 3 rings (SSSR count). The second-order valence-corrected chi connectivity index (χ2v) is 8.52. The standard InChI is InChI=1S/C22H31N3O3/c1-22(2,3)21-24-20(28-25-21)14-8-13-19(26)23-15-16-9-4-7-12-18(16)27-17-10-5-6-11-17/h4,7,9,12,17H,5-6,8,10-11,13-15H2,1-3H3,(H,23,26). The van der Waals surface area contributed by atoms with Gasteiger partial charge in [0.2, 0.25) is 11.8 Å². The molecule has 1 N–H and O–H groups in total. The van der Waals surface area contributed by atoms with Crippen LogP contribution in [0.4, 0.5) is 0 Å². The van der Waals surface area contributed by atoms with Crippen molar-refractivity contribution in [3.8, 4) is 5.75 Å². The van der Waals surface area contributed by atoms with E-state index in [-0.39, 0.29) is 11.3 Å². The zero-order valence-corrected chi connectivity index (χ0v) is 17.2. The first-order valence-electron chi connectivity index (χ1n) is 10.3. The summed E-state index contributed by atoms with van der Waals surface area (Å²) in [5.74, 6) is 2.19. The lowest BCUT2D eigenvalue weighted by atomic mass is 9.96. The third-order valence-electron chi connectivity index (χ3n) is 4.98. The molecule has 152 valence electrons. The Hall–Kier alpha value is -2.37. The largest absolute Gasteiger partial charge is 0.490 e. The normalized spacial score (nSPS) is 15.0. The zero-order chi connectivity index (χ0) is 20.0. The summed E-state index contributed by atoms with van der Waals surface area (Å²) in [7, 11) is 0. The molecular weight excluding hydrogens is 354 g/mol. The SMILES string of the molecule is CC(C)(C)c1noc(CCCC(=O)NCc2ccccc2OC2CCCC2)n1. The fourth-order valence-corrected chi connectivity index (χ4v) is 3.29. The van der Waals surface area contributed by atoms with Gasteiger partial charge in [-0.25, -0.2) is 0 Å². The number of carbonyl (C=O) groups is 1. The van der Waals surface area contributed by atoms with Gasteiger partial charge in [-0.2, -0.15) is 4.98 Å². The molecule has 1 amide bonds. The lowest BCUT2D eigenvalue weighted by molar-refractivity contribution is -0.121. The molecule has 0 atom stereocenters. The minimum atomic E-state index is -0.132. The summed E-state index contributed by atoms with van der Waals surface area (Å²) in [5.41, 5.74) is 0.891. The van der Waals surface area contributed by atoms with E-state index in [9.17, 15) is 4.79 Å². The fourth-order valence-electron chi connectivity index (χ4n) is 3.29. The van der Waals surface area contributed by atoms with Crippen LogP contribution in [-0.4, -0.2) is 22.2 Å². The van der Waals surface area contributed by atoms with Crippen LogP contribution in [0.2, 0.25) is 0 Å². The third kappa shape index (κ3) is 5.81. The van der Waals surface area contributed by atoms with Crippen LogP contribution in [0.3, 0.4) is 0 Å². The second-order valence-electron chi connectivity index (χ2n) is 8.52. The van der Waals surface area contributed by atoms with E-state index in [1.54, 1.807) is 0 Å². The van der Waals surface area contributed by atoms with E-state index in [1.807, 2.05) is 45.0 Å². The Morgan fingerprint density at radius 3 is 2.71 bits per heavy atom. The summed E-state index contributed by atoms with van der Waals surface area (Å²) in [6, 6.07) is 7.95. The molecular formula is C22H31N3O3. The van der Waals surface area contributed by atoms with Gasteiger partial charge in [-0.05, 0) is 38.2 Å². The predicted octanol–water partition coefficient (Wildman–Crippen LogP) is 4.33. The molecule has 6 nitrogen and oxygen atoms in total. The van der Waals surface area contributed by atoms with Gasteiger partial charge in [-0.15, -0.1) is 0 Å². The lowest BCUT2D eigenvalue weighted by Crippen LogP contribution is -2.23. The van der Waals surface area contributed by atoms with Crippen molar-refractivity contribution in [1.29, 1.82) is 0 Å². The van der Waals surface area contributed by atoms with Gasteiger partial charge in [0.05, 0.1) is 6.10 Å². The summed E-state index contributed by atoms with van der Waals surface area (Å²) in [6.07, 6.45) is 6.74. The van der Waals surface area contributed by atoms with Crippen LogP contribution in [0.1, 0.15) is 76.6 Å². The third-order valence-corrected chi connectivity index (χ3v) is 4.98. The van der Waals surface area contributed by atoms with E-state index < -0.39 is 0 Å². The maximum atomic E-state index is 12.2. The monoisotopic (exact) mass is 385 g/mol. The maximum Gasteiger partial charge on any atom is 0.226 e. The molecule has 1 aromatic carbocycles. The van der Waals surface area contributed by atoms with Crippen molar-refractivity contribution in [3.05, 3.63) is 41.5 Å². The number of ether oxygens (including phenoxy) is 1. The van der Waals surface area contributed by atoms with Gasteiger partial charge >= 0.3 is 0 Å². The Labute approximate surface area is 167 Å². The van der Waals surface area contributed by atoms with Crippen molar-refractivity contribution in [3.63, 3.8) is 0 Å². The van der Waals surface area contributed by atoms with Crippen molar-refractivity contribution in [2.24, 2.45) is 0 Å². The second kappa shape index (κ2) is 9.22. The first kappa shape index (κ1) is 20.4. The maximum absolute atomic E-state index is 12.2. The number of hydrogen-bond donors (Lipinski definition) is 1. The fraction of sp³-hybridized carbons (Fsp3) is 0.591. The van der Waals surface area contributed by atoms with Crippen molar-refractivity contribution in [2.45, 2.75) is 83.8 Å². The number of rotatable bonds is 8. The van der Waals surface area contributed by atoms with Crippen LogP contribution in [0, 0.1) is 0 Å². The molecule has 1 saturated carbocycles. The van der Waals surface area contributed by atoms with Crippen molar-refractivity contribution < 1.29 is 14.1 Å². The van der Waals surface area contributed by atoms with E-state index in [0.29, 0.717) is 43.6 Å². The van der Waals surface area contributed by atoms with Crippen LogP contribution in [-0.2, 0) is 23.2 Å². The molecule has 1 aromatic heterocycles. The van der Waals surface area contributed by atoms with Crippen molar-refractivity contribution in [2.75, 3.05) is 0 Å². The number of benzene rings is 1. The average Bonchev–Trinajstić information content (AvgIpc) is 3.32. The molecule has 0 radical (unpaired) electrons. The zero-order valence-electron chi connectivity index (χ0n) is 17.2. The summed E-state index contributed by atoms with van der Waals surface area (Å²) in [5, 5.41) is 7.01. The molecule has 0 spiro atoms. The van der Waals surface area contributed by atoms with Gasteiger partial charge < -0.3 is 14.6 Å². The molecule has 0 saturated heterocycles. The molecule has 0 aliphatic heterocycles. The molecule has 0 bridgehead atoms. The highest BCUT2D eigenvalue weighted by atomic mass is 16.5. The molecule has 1 aliphatic rings. The highest BCUT2D eigenvalue weighted by Crippen LogP contribution is 2.26. The number of amides is 1. The minimum Gasteiger partial charge on any atom is -0.490 e. The van der Waals surface area contributed by atoms with Crippen LogP contribution in [0.15, 0.2) is 28.8 Å². The highest BCUT2D eigenvalue weighted by molar-refractivity contribution is 5.75. The summed E-state index contributed by atoms with van der Waals surface area (Å²) < 4.78 is 11.4. The Morgan fingerprint density at radius 1 is 1.25 bits per heavy atom. The predicted molar refractivity (Wildman–Crippen MR) is 107 cm³/mol. The number of nitrogens with zero attached hydrogens (tertiary/aromatic N) is 2. The van der Waals surface area contributed by atoms with Crippen LogP contribution in [0.5, 0.6) is 5.75 Å². The van der Waals surface area contributed by atoms with Crippen molar-refractivity contribution in [1.82, 2.24) is 15.5 Å². The molecule has 1 aliphatic carbocycles. The van der Waals surface area contributed by atoms with E-state index in [4.69, 9.17) is 9.26 Å². The molecule has 0 unspecified atom stereocenters. The van der Waals surface area contributed by atoms with Gasteiger partial charge in [0.15, 0.2) is 5.82 Å². The first-order valence-corrected chi connectivity index (χ1v) is 10.3. The van der Waals surface area contributed by atoms with Crippen molar-refractivity contribution >= 4 is 5.91 Å². The van der Waals surface area contributed by atoms with Gasteiger partial charge in [0.1, 0.15) is 5.75 Å². The van der Waals surface area contributed by atoms with Crippen LogP contribution >= 0.6 is 0 Å². The smallest absolute Gasteiger partial charge is 0.226 e. The van der Waals surface area contributed by atoms with E-state index in [1.165, 1.54) is 12.8 Å². The molecule has 2 aromatic rings. The Morgan fingerprint density at radius 2 is 2.00 bits per heavy atom. The van der Waals surface area contributed by atoms with Gasteiger partial charge in [0.25, 0.3) is 0 Å². The van der Waals surface area contributed by atoms with Gasteiger partial charge in [-0.3, -0.25) is 4.79 Å². The molecule has 6 heteroatoms. The Bertz CT molecular complexity index is 773. The molecule has 1 fully saturated rings. The average molecular weight is 386 g/mol. The Kier molecular flexibility index (Phi) is 6.70. The number of aromatic nitrogens is 2. The first-order chi connectivity index (χ1) is 13.4. The van der Waals surface area contributed by atoms with E-state index in [2.05, 4.69) is 15.5 Å². The van der Waals surface area contributed by atoms with E-state index >= 15 is 0 Å². The number of hydrogen-bond acceptors (Lipinski definition) is 5. The number of para-hydroxylation sites is 1. The van der Waals surface area contributed by atoms with Gasteiger partial charge in [-0.1, -0.05) is 44.1 Å². The number of nitrogens with one attached hydrogen (secondary N) is 1. The summed E-state index contributed by atoms with van der Waals surface area (Å²) in [6.45, 7) is 6.62. The molecule has 28 heavy (non-hydrogen) atoms. The number of aryl methyl sites for hydroxylation is 1. The topological polar surface area (TPSA) is 77.2 Å². The molecule has 1 heterocycles. The summed E-state index contributed by atoms with van der Waals surface area (Å²) in [4.78, 5) is 16.6. The van der Waals surface area contributed by atoms with Gasteiger partial charge in [0, 0.05) is 30.4 Å². The number of carbonyl (C=O) groups excluding carboxylic acids is 1. The Balaban J connectivity index is 1.42. The highest BCUT2D eigenvalue weighted by Gasteiger charge is 2.21.